The van der Waals surface area contributed by atoms with Gasteiger partial charge in [-0.25, -0.2) is 4.79 Å². The minimum atomic E-state index is -1.07. The summed E-state index contributed by atoms with van der Waals surface area (Å²) in [5.74, 6) is -2.23. The van der Waals surface area contributed by atoms with Crippen molar-refractivity contribution in [2.75, 3.05) is 0 Å². The molecule has 0 amide bonds. The Balaban J connectivity index is 1.76. The lowest BCUT2D eigenvalue weighted by Crippen LogP contribution is -2.24. The average molecular weight is 328 g/mol. The van der Waals surface area contributed by atoms with Gasteiger partial charge in [0.1, 0.15) is 4.92 Å². The van der Waals surface area contributed by atoms with E-state index >= 15 is 0 Å². The zero-order chi connectivity index (χ0) is 17.3. The number of Topliss-reactive ketones (excluding diaryl/α,β-unsaturated/α-hetero) is 1. The van der Waals surface area contributed by atoms with Crippen molar-refractivity contribution in [3.63, 3.8) is 0 Å². The molecular formula is C16H12N2O6. The van der Waals surface area contributed by atoms with E-state index in [1.807, 2.05) is 12.1 Å². The van der Waals surface area contributed by atoms with Gasteiger partial charge >= 0.3 is 11.9 Å². The summed E-state index contributed by atoms with van der Waals surface area (Å²) < 4.78 is 9.80. The van der Waals surface area contributed by atoms with Crippen LogP contribution in [0.3, 0.4) is 0 Å². The molecule has 1 N–H and O–H groups in total. The number of hydrogen-bond acceptors (Lipinski definition) is 6. The van der Waals surface area contributed by atoms with E-state index in [0.717, 1.165) is 23.0 Å². The Labute approximate surface area is 135 Å². The molecule has 2 heterocycles. The van der Waals surface area contributed by atoms with Gasteiger partial charge in [-0.05, 0) is 19.1 Å². The molecule has 3 rings (SSSR count). The van der Waals surface area contributed by atoms with Gasteiger partial charge in [0.25, 0.3) is 0 Å². The van der Waals surface area contributed by atoms with Gasteiger partial charge in [-0.15, -0.1) is 0 Å². The van der Waals surface area contributed by atoms with Crippen molar-refractivity contribution in [1.29, 1.82) is 0 Å². The Morgan fingerprint density at radius 3 is 2.71 bits per heavy atom. The van der Waals surface area contributed by atoms with Gasteiger partial charge in [-0.3, -0.25) is 14.9 Å². The number of ketones is 1. The van der Waals surface area contributed by atoms with E-state index in [9.17, 15) is 19.7 Å². The van der Waals surface area contributed by atoms with Crippen LogP contribution >= 0.6 is 0 Å². The van der Waals surface area contributed by atoms with Gasteiger partial charge in [0, 0.05) is 22.7 Å². The van der Waals surface area contributed by atoms with Crippen LogP contribution < -0.4 is 0 Å². The Morgan fingerprint density at radius 2 is 2.00 bits per heavy atom. The first-order valence-electron chi connectivity index (χ1n) is 7.03. The minimum Gasteiger partial charge on any atom is -0.448 e. The number of ether oxygens (including phenoxy) is 1. The molecule has 0 saturated carbocycles. The molecule has 3 aromatic rings. The van der Waals surface area contributed by atoms with Crippen LogP contribution in [0.5, 0.6) is 0 Å². The number of H-pyrrole nitrogens is 1. The summed E-state index contributed by atoms with van der Waals surface area (Å²) in [5, 5.41) is 11.3. The average Bonchev–Trinajstić information content (AvgIpc) is 3.21. The van der Waals surface area contributed by atoms with Crippen molar-refractivity contribution in [3.05, 3.63) is 64.0 Å². The Hall–Kier alpha value is -3.42. The van der Waals surface area contributed by atoms with Crippen LogP contribution in [0.25, 0.3) is 10.9 Å². The lowest BCUT2D eigenvalue weighted by molar-refractivity contribution is -0.402. The lowest BCUT2D eigenvalue weighted by Gasteiger charge is -2.10. The van der Waals surface area contributed by atoms with Gasteiger partial charge < -0.3 is 14.1 Å². The zero-order valence-electron chi connectivity index (χ0n) is 12.5. The van der Waals surface area contributed by atoms with Crippen LogP contribution in [0.2, 0.25) is 0 Å². The number of fused-ring (bicyclic) bond motifs is 1. The van der Waals surface area contributed by atoms with Crippen LogP contribution in [0, 0.1) is 10.1 Å². The fourth-order valence-corrected chi connectivity index (χ4v) is 2.30. The lowest BCUT2D eigenvalue weighted by atomic mass is 10.1. The first kappa shape index (κ1) is 15.5. The first-order valence-corrected chi connectivity index (χ1v) is 7.03. The normalized spacial score (nSPS) is 12.0. The number of esters is 1. The number of rotatable bonds is 5. The van der Waals surface area contributed by atoms with E-state index in [1.54, 1.807) is 18.3 Å². The number of para-hydroxylation sites is 1. The molecule has 0 aliphatic heterocycles. The second kappa shape index (κ2) is 5.99. The van der Waals surface area contributed by atoms with E-state index in [-0.39, 0.29) is 11.5 Å². The third-order valence-electron chi connectivity index (χ3n) is 3.48. The van der Waals surface area contributed by atoms with Crippen molar-refractivity contribution < 1.29 is 23.7 Å². The van der Waals surface area contributed by atoms with Gasteiger partial charge in [-0.1, -0.05) is 18.2 Å². The molecule has 0 saturated heterocycles. The van der Waals surface area contributed by atoms with Gasteiger partial charge in [0.05, 0.1) is 6.07 Å². The second-order valence-corrected chi connectivity index (χ2v) is 5.05. The van der Waals surface area contributed by atoms with Crippen LogP contribution in [0.15, 0.2) is 47.0 Å². The Morgan fingerprint density at radius 1 is 1.25 bits per heavy atom. The summed E-state index contributed by atoms with van der Waals surface area (Å²) in [7, 11) is 0. The van der Waals surface area contributed by atoms with E-state index in [2.05, 4.69) is 4.98 Å². The van der Waals surface area contributed by atoms with Crippen molar-refractivity contribution >= 4 is 28.5 Å². The molecule has 0 radical (unpaired) electrons. The van der Waals surface area contributed by atoms with E-state index in [4.69, 9.17) is 9.15 Å². The SMILES string of the molecule is C[C@H](OC(=O)c1ccc([N+](=O)[O-])o1)C(=O)c1c[nH]c2ccccc12. The van der Waals surface area contributed by atoms with Crippen LogP contribution in [0.1, 0.15) is 27.8 Å². The molecule has 8 heteroatoms. The fraction of sp³-hybridized carbons (Fsp3) is 0.125. The predicted octanol–water partition coefficient (Wildman–Crippen LogP) is 3.10. The molecule has 1 atom stereocenters. The highest BCUT2D eigenvalue weighted by atomic mass is 16.7. The largest absolute Gasteiger partial charge is 0.448 e. The summed E-state index contributed by atoms with van der Waals surface area (Å²) in [4.78, 5) is 37.1. The quantitative estimate of drug-likeness (QED) is 0.333. The Bertz CT molecular complexity index is 939. The number of nitrogens with zero attached hydrogens (tertiary/aromatic N) is 1. The highest BCUT2D eigenvalue weighted by Crippen LogP contribution is 2.21. The van der Waals surface area contributed by atoms with Gasteiger partial charge in [0.15, 0.2) is 6.10 Å². The molecule has 24 heavy (non-hydrogen) atoms. The highest BCUT2D eigenvalue weighted by Gasteiger charge is 2.25. The standard InChI is InChI=1S/C16H12N2O6/c1-9(23-16(20)13-6-7-14(24-13)18(21)22)15(19)11-8-17-12-5-3-2-4-10(11)12/h2-9,17H,1H3/t9-/m0/s1. The molecule has 122 valence electrons. The van der Waals surface area contributed by atoms with Crippen molar-refractivity contribution in [1.82, 2.24) is 4.98 Å². The Kier molecular flexibility index (Phi) is 3.87. The monoisotopic (exact) mass is 328 g/mol. The summed E-state index contributed by atoms with van der Waals surface area (Å²) in [6.45, 7) is 1.43. The number of benzene rings is 1. The molecule has 1 aromatic carbocycles. The van der Waals surface area contributed by atoms with Crippen molar-refractivity contribution in [2.24, 2.45) is 0 Å². The maximum atomic E-state index is 12.5. The van der Waals surface area contributed by atoms with Gasteiger partial charge in [-0.2, -0.15) is 0 Å². The zero-order valence-corrected chi connectivity index (χ0v) is 12.5. The van der Waals surface area contributed by atoms with Crippen LogP contribution in [0.4, 0.5) is 5.88 Å². The number of nitro groups is 1. The smallest absolute Gasteiger partial charge is 0.433 e. The number of aromatic nitrogens is 1. The molecule has 0 aliphatic rings. The topological polar surface area (TPSA) is 115 Å². The third-order valence-corrected chi connectivity index (χ3v) is 3.48. The summed E-state index contributed by atoms with van der Waals surface area (Å²) in [6, 6.07) is 9.41. The molecule has 0 unspecified atom stereocenters. The molecule has 0 spiro atoms. The highest BCUT2D eigenvalue weighted by molar-refractivity contribution is 6.10. The number of furan rings is 1. The maximum Gasteiger partial charge on any atom is 0.433 e. The van der Waals surface area contributed by atoms with Crippen molar-refractivity contribution in [2.45, 2.75) is 13.0 Å². The first-order chi connectivity index (χ1) is 11.5. The predicted molar refractivity (Wildman–Crippen MR) is 82.9 cm³/mol. The second-order valence-electron chi connectivity index (χ2n) is 5.05. The molecule has 0 bridgehead atoms. The summed E-state index contributed by atoms with van der Waals surface area (Å²) in [5.41, 5.74) is 1.19. The molecule has 0 fully saturated rings. The summed E-state index contributed by atoms with van der Waals surface area (Å²) >= 11 is 0. The third kappa shape index (κ3) is 2.76. The maximum absolute atomic E-state index is 12.5. The molecule has 8 nitrogen and oxygen atoms in total. The van der Waals surface area contributed by atoms with Crippen molar-refractivity contribution in [3.8, 4) is 0 Å². The van der Waals surface area contributed by atoms with Gasteiger partial charge in [0.2, 0.25) is 11.5 Å². The minimum absolute atomic E-state index is 0.333. The van der Waals surface area contributed by atoms with E-state index < -0.39 is 22.9 Å². The van der Waals surface area contributed by atoms with Crippen LogP contribution in [-0.4, -0.2) is 27.8 Å². The molecular weight excluding hydrogens is 316 g/mol. The number of hydrogen-bond donors (Lipinski definition) is 1. The van der Waals surface area contributed by atoms with Crippen LogP contribution in [-0.2, 0) is 4.74 Å². The number of carbonyl (C=O) groups excluding carboxylic acids is 2. The van der Waals surface area contributed by atoms with E-state index in [0.29, 0.717) is 5.56 Å². The number of nitrogens with one attached hydrogen (secondary N) is 1. The molecule has 2 aromatic heterocycles. The summed E-state index contributed by atoms with van der Waals surface area (Å²) in [6.07, 6.45) is 0.482. The number of carbonyl (C=O) groups is 2. The number of aromatic amines is 1. The van der Waals surface area contributed by atoms with E-state index in [1.165, 1.54) is 6.92 Å². The fourth-order valence-electron chi connectivity index (χ4n) is 2.30. The molecule has 0 aliphatic carbocycles.